The first kappa shape index (κ1) is 25.8. The minimum absolute atomic E-state index is 0.0175. The first-order chi connectivity index (χ1) is 17.3. The Balaban J connectivity index is 1.58. The molecule has 0 aliphatic heterocycles. The number of hydrogen-bond donors (Lipinski definition) is 2. The number of benzene rings is 1. The minimum atomic E-state index is -3.91. The molecule has 190 valence electrons. The van der Waals surface area contributed by atoms with Crippen LogP contribution in [0.15, 0.2) is 71.9 Å². The highest BCUT2D eigenvalue weighted by molar-refractivity contribution is 7.89. The van der Waals surface area contributed by atoms with Crippen LogP contribution in [0.2, 0.25) is 0 Å². The maximum Gasteiger partial charge on any atom is 0.322 e. The molecule has 8 nitrogen and oxygen atoms in total. The number of carboxylic acids is 1. The minimum Gasteiger partial charge on any atom is -0.480 e. The first-order valence-corrected chi connectivity index (χ1v) is 13.7. The van der Waals surface area contributed by atoms with Gasteiger partial charge in [-0.25, -0.2) is 18.4 Å². The fourth-order valence-corrected chi connectivity index (χ4v) is 5.72. The highest BCUT2D eigenvalue weighted by atomic mass is 32.2. The van der Waals surface area contributed by atoms with E-state index in [2.05, 4.69) is 34.3 Å². The number of hydrogen-bond acceptors (Lipinski definition) is 6. The predicted molar refractivity (Wildman–Crippen MR) is 138 cm³/mol. The number of nitrogens with zero attached hydrogens (tertiary/aromatic N) is 3. The maximum absolute atomic E-state index is 13.5. The number of pyridine rings is 2. The summed E-state index contributed by atoms with van der Waals surface area (Å²) in [5, 5.41) is 11.6. The van der Waals surface area contributed by atoms with Crippen LogP contribution in [0.5, 0.6) is 0 Å². The van der Waals surface area contributed by atoms with Crippen molar-refractivity contribution in [2.45, 2.75) is 62.6 Å². The Hall–Kier alpha value is -3.30. The Kier molecular flexibility index (Phi) is 8.01. The number of carboxylic acid groups (broad SMARTS) is 1. The topological polar surface area (TPSA) is 112 Å². The molecule has 1 aromatic carbocycles. The molecule has 0 saturated heterocycles. The fourth-order valence-electron chi connectivity index (χ4n) is 4.39. The molecule has 0 unspecified atom stereocenters. The summed E-state index contributed by atoms with van der Waals surface area (Å²) in [6.07, 6.45) is 7.47. The van der Waals surface area contributed by atoms with Crippen molar-refractivity contribution in [2.75, 3.05) is 11.9 Å². The van der Waals surface area contributed by atoms with Crippen LogP contribution in [-0.2, 0) is 33.3 Å². The van der Waals surface area contributed by atoms with Crippen molar-refractivity contribution in [3.63, 3.8) is 0 Å². The molecule has 36 heavy (non-hydrogen) atoms. The van der Waals surface area contributed by atoms with Gasteiger partial charge in [0.15, 0.2) is 5.03 Å². The van der Waals surface area contributed by atoms with Crippen LogP contribution in [0, 0.1) is 0 Å². The third-order valence-corrected chi connectivity index (χ3v) is 8.30. The number of rotatable bonds is 13. The van der Waals surface area contributed by atoms with Gasteiger partial charge < -0.3 is 10.4 Å². The van der Waals surface area contributed by atoms with Crippen LogP contribution in [0.3, 0.4) is 0 Å². The number of aromatic nitrogens is 2. The van der Waals surface area contributed by atoms with Crippen LogP contribution in [-0.4, -0.2) is 40.3 Å². The number of anilines is 1. The lowest BCUT2D eigenvalue weighted by Crippen LogP contribution is -2.31. The molecule has 1 aliphatic rings. The highest BCUT2D eigenvalue weighted by Gasteiger charge is 2.43. The van der Waals surface area contributed by atoms with Crippen molar-refractivity contribution in [3.05, 3.63) is 83.7 Å². The van der Waals surface area contributed by atoms with Crippen LogP contribution in [0.25, 0.3) is 0 Å². The fraction of sp³-hybridized carbons (Fsp3) is 0.370. The number of carbonyl (C=O) groups is 1. The number of sulfonamides is 1. The van der Waals surface area contributed by atoms with E-state index in [-0.39, 0.29) is 24.7 Å². The van der Waals surface area contributed by atoms with Gasteiger partial charge in [-0.05, 0) is 60.1 Å². The SMILES string of the molecule is CCCCC1(c2ccc(CN(Cc3cccc(NCC(=O)O)n3)S(=O)(=O)c3ccccn3)cc2)CC1. The van der Waals surface area contributed by atoms with E-state index < -0.39 is 16.0 Å². The van der Waals surface area contributed by atoms with Gasteiger partial charge in [0.2, 0.25) is 0 Å². The standard InChI is InChI=1S/C27H32N4O4S/c1-2-3-14-27(15-16-27)22-12-10-21(11-13-22)19-31(36(34,35)25-9-4-5-17-28-25)20-23-7-6-8-24(30-23)29-18-26(32)33/h4-13,17H,2-3,14-16,18-20H2,1H3,(H,29,30)(H,32,33). The van der Waals surface area contributed by atoms with Crippen molar-refractivity contribution in [1.29, 1.82) is 0 Å². The average molecular weight is 509 g/mol. The third-order valence-electron chi connectivity index (χ3n) is 6.60. The van der Waals surface area contributed by atoms with Crippen molar-refractivity contribution in [3.8, 4) is 0 Å². The molecule has 0 radical (unpaired) electrons. The Labute approximate surface area is 212 Å². The third kappa shape index (κ3) is 6.27. The van der Waals surface area contributed by atoms with Crippen molar-refractivity contribution >= 4 is 21.8 Å². The summed E-state index contributed by atoms with van der Waals surface area (Å²) in [4.78, 5) is 19.4. The van der Waals surface area contributed by atoms with E-state index in [1.807, 2.05) is 12.1 Å². The zero-order valence-electron chi connectivity index (χ0n) is 20.4. The Morgan fingerprint density at radius 2 is 1.83 bits per heavy atom. The van der Waals surface area contributed by atoms with Crippen molar-refractivity contribution in [2.24, 2.45) is 0 Å². The molecule has 2 aromatic heterocycles. The Bertz CT molecular complexity index is 1280. The molecular weight excluding hydrogens is 476 g/mol. The summed E-state index contributed by atoms with van der Waals surface area (Å²) in [5.74, 6) is -0.635. The van der Waals surface area contributed by atoms with Gasteiger partial charge in [0.05, 0.1) is 12.2 Å². The molecule has 1 aliphatic carbocycles. The van der Waals surface area contributed by atoms with Crippen LogP contribution < -0.4 is 5.32 Å². The normalized spacial score (nSPS) is 14.5. The molecule has 3 aromatic rings. The van der Waals surface area contributed by atoms with Crippen molar-refractivity contribution < 1.29 is 18.3 Å². The second-order valence-corrected chi connectivity index (χ2v) is 11.2. The second kappa shape index (κ2) is 11.2. The molecule has 0 atom stereocenters. The second-order valence-electron chi connectivity index (χ2n) is 9.28. The molecule has 0 amide bonds. The van der Waals surface area contributed by atoms with E-state index in [0.29, 0.717) is 16.9 Å². The van der Waals surface area contributed by atoms with Gasteiger partial charge >= 0.3 is 5.97 Å². The van der Waals surface area contributed by atoms with Gasteiger partial charge in [-0.1, -0.05) is 56.2 Å². The largest absolute Gasteiger partial charge is 0.480 e. The molecule has 0 spiro atoms. The van der Waals surface area contributed by atoms with Gasteiger partial charge in [-0.2, -0.15) is 4.31 Å². The molecule has 2 N–H and O–H groups in total. The summed E-state index contributed by atoms with van der Waals surface area (Å²) >= 11 is 0. The maximum atomic E-state index is 13.5. The summed E-state index contributed by atoms with van der Waals surface area (Å²) in [6.45, 7) is 2.11. The number of unbranched alkanes of at least 4 members (excludes halogenated alkanes) is 1. The predicted octanol–water partition coefficient (Wildman–Crippen LogP) is 4.59. The molecule has 4 rings (SSSR count). The average Bonchev–Trinajstić information content (AvgIpc) is 3.68. The zero-order chi connectivity index (χ0) is 25.6. The molecule has 1 saturated carbocycles. The Morgan fingerprint density at radius 1 is 1.06 bits per heavy atom. The lowest BCUT2D eigenvalue weighted by molar-refractivity contribution is -0.134. The molecule has 2 heterocycles. The van der Waals surface area contributed by atoms with E-state index in [4.69, 9.17) is 5.11 Å². The molecule has 9 heteroatoms. The van der Waals surface area contributed by atoms with E-state index >= 15 is 0 Å². The summed E-state index contributed by atoms with van der Waals surface area (Å²) < 4.78 is 28.4. The highest BCUT2D eigenvalue weighted by Crippen LogP contribution is 2.52. The molecular formula is C27H32N4O4S. The lowest BCUT2D eigenvalue weighted by atomic mass is 9.90. The lowest BCUT2D eigenvalue weighted by Gasteiger charge is -2.22. The van der Waals surface area contributed by atoms with E-state index in [1.165, 1.54) is 54.2 Å². The monoisotopic (exact) mass is 508 g/mol. The number of aliphatic carboxylic acids is 1. The van der Waals surface area contributed by atoms with Gasteiger partial charge in [0, 0.05) is 12.7 Å². The van der Waals surface area contributed by atoms with Gasteiger partial charge in [0.25, 0.3) is 10.0 Å². The molecule has 1 fully saturated rings. The van der Waals surface area contributed by atoms with Crippen LogP contribution in [0.1, 0.15) is 55.8 Å². The van der Waals surface area contributed by atoms with Gasteiger partial charge in [-0.15, -0.1) is 0 Å². The first-order valence-electron chi connectivity index (χ1n) is 12.2. The van der Waals surface area contributed by atoms with Gasteiger partial charge in [-0.3, -0.25) is 4.79 Å². The summed E-state index contributed by atoms with van der Waals surface area (Å²) in [5.41, 5.74) is 3.00. The Morgan fingerprint density at radius 3 is 2.47 bits per heavy atom. The number of nitrogens with one attached hydrogen (secondary N) is 1. The van der Waals surface area contributed by atoms with Crippen molar-refractivity contribution in [1.82, 2.24) is 14.3 Å². The quantitative estimate of drug-likeness (QED) is 0.347. The van der Waals surface area contributed by atoms with Gasteiger partial charge in [0.1, 0.15) is 12.4 Å². The van der Waals surface area contributed by atoms with E-state index in [0.717, 1.165) is 5.56 Å². The van der Waals surface area contributed by atoms with E-state index in [9.17, 15) is 13.2 Å². The van der Waals surface area contributed by atoms with Crippen LogP contribution >= 0.6 is 0 Å². The zero-order valence-corrected chi connectivity index (χ0v) is 21.2. The summed E-state index contributed by atoms with van der Waals surface area (Å²) in [6, 6.07) is 18.2. The van der Waals surface area contributed by atoms with Crippen LogP contribution in [0.4, 0.5) is 5.82 Å². The smallest absolute Gasteiger partial charge is 0.322 e. The summed E-state index contributed by atoms with van der Waals surface area (Å²) in [7, 11) is -3.91. The van der Waals surface area contributed by atoms with E-state index in [1.54, 1.807) is 30.3 Å². The molecule has 0 bridgehead atoms.